The zero-order valence-corrected chi connectivity index (χ0v) is 14.9. The van der Waals surface area contributed by atoms with Crippen molar-refractivity contribution in [3.63, 3.8) is 0 Å². The largest absolute Gasteiger partial charge is 0.482 e. The van der Waals surface area contributed by atoms with Crippen molar-refractivity contribution in [3.05, 3.63) is 53.1 Å². The van der Waals surface area contributed by atoms with Gasteiger partial charge in [-0.2, -0.15) is 0 Å². The Morgan fingerprint density at radius 1 is 1.23 bits per heavy atom. The number of benzene rings is 2. The zero-order valence-electron chi connectivity index (χ0n) is 14.1. The van der Waals surface area contributed by atoms with Crippen molar-refractivity contribution in [2.75, 3.05) is 23.4 Å². The fourth-order valence-corrected chi connectivity index (χ4v) is 2.83. The Morgan fingerprint density at radius 2 is 2.00 bits per heavy atom. The second kappa shape index (κ2) is 7.58. The van der Waals surface area contributed by atoms with E-state index in [0.717, 1.165) is 0 Å². The Balaban J connectivity index is 1.84. The minimum Gasteiger partial charge on any atom is -0.482 e. The lowest BCUT2D eigenvalue weighted by atomic mass is 10.1. The summed E-state index contributed by atoms with van der Waals surface area (Å²) in [6, 6.07) is 11.7. The van der Waals surface area contributed by atoms with Crippen LogP contribution in [0.3, 0.4) is 0 Å². The monoisotopic (exact) mass is 372 g/mol. The molecule has 0 atom stereocenters. The second-order valence-electron chi connectivity index (χ2n) is 5.76. The maximum atomic E-state index is 12.4. The normalized spacial score (nSPS) is 13.0. The van der Waals surface area contributed by atoms with Gasteiger partial charge in [-0.3, -0.25) is 19.3 Å². The predicted molar refractivity (Wildman–Crippen MR) is 99.0 cm³/mol. The number of Topliss-reactive ketones (excluding diaryl/α,β-unsaturated/α-hetero) is 1. The summed E-state index contributed by atoms with van der Waals surface area (Å²) in [7, 11) is 0. The lowest BCUT2D eigenvalue weighted by Gasteiger charge is -2.29. The van der Waals surface area contributed by atoms with Gasteiger partial charge in [0.15, 0.2) is 12.4 Å². The summed E-state index contributed by atoms with van der Waals surface area (Å²) in [5.74, 6) is -0.339. The third-order valence-electron chi connectivity index (χ3n) is 3.99. The first-order chi connectivity index (χ1) is 12.5. The number of rotatable bonds is 5. The Kier molecular flexibility index (Phi) is 5.23. The topological polar surface area (TPSA) is 75.7 Å². The van der Waals surface area contributed by atoms with E-state index < -0.39 is 5.91 Å². The van der Waals surface area contributed by atoms with Gasteiger partial charge in [-0.1, -0.05) is 30.7 Å². The molecule has 2 aromatic carbocycles. The Bertz CT molecular complexity index is 882. The van der Waals surface area contributed by atoms with E-state index in [1.807, 2.05) is 0 Å². The SMILES string of the molecule is CCC(=O)c1ccc2c(c1)N(CC(=O)Nc1ccccc1Cl)C(=O)CO2. The number of hydrogen-bond donors (Lipinski definition) is 1. The van der Waals surface area contributed by atoms with Crippen LogP contribution in [0.5, 0.6) is 5.75 Å². The summed E-state index contributed by atoms with van der Waals surface area (Å²) in [4.78, 5) is 37.9. The number of carbonyl (C=O) groups excluding carboxylic acids is 3. The van der Waals surface area contributed by atoms with Crippen LogP contribution in [0.2, 0.25) is 5.02 Å². The number of fused-ring (bicyclic) bond motifs is 1. The van der Waals surface area contributed by atoms with E-state index in [1.54, 1.807) is 49.4 Å². The summed E-state index contributed by atoms with van der Waals surface area (Å²) >= 11 is 6.04. The van der Waals surface area contributed by atoms with Gasteiger partial charge < -0.3 is 10.1 Å². The van der Waals surface area contributed by atoms with Crippen LogP contribution in [0, 0.1) is 0 Å². The molecule has 2 amide bonds. The first kappa shape index (κ1) is 17.9. The number of carbonyl (C=O) groups is 3. The molecule has 0 aliphatic carbocycles. The van der Waals surface area contributed by atoms with Gasteiger partial charge in [-0.05, 0) is 30.3 Å². The first-order valence-electron chi connectivity index (χ1n) is 8.14. The van der Waals surface area contributed by atoms with Crippen LogP contribution in [0.1, 0.15) is 23.7 Å². The van der Waals surface area contributed by atoms with Crippen LogP contribution in [-0.2, 0) is 9.59 Å². The molecule has 0 aromatic heterocycles. The summed E-state index contributed by atoms with van der Waals surface area (Å²) in [5, 5.41) is 3.09. The summed E-state index contributed by atoms with van der Waals surface area (Å²) < 4.78 is 5.40. The van der Waals surface area contributed by atoms with Crippen molar-refractivity contribution >= 4 is 40.6 Å². The fourth-order valence-electron chi connectivity index (χ4n) is 2.65. The van der Waals surface area contributed by atoms with Crippen molar-refractivity contribution < 1.29 is 19.1 Å². The minimum absolute atomic E-state index is 0.0497. The van der Waals surface area contributed by atoms with Crippen LogP contribution >= 0.6 is 11.6 Å². The van der Waals surface area contributed by atoms with Gasteiger partial charge in [0.25, 0.3) is 5.91 Å². The highest BCUT2D eigenvalue weighted by Gasteiger charge is 2.28. The molecular formula is C19H17ClN2O4. The number of halogens is 1. The molecule has 0 unspecified atom stereocenters. The summed E-state index contributed by atoms with van der Waals surface area (Å²) in [6.07, 6.45) is 0.348. The quantitative estimate of drug-likeness (QED) is 0.817. The van der Waals surface area contributed by atoms with Crippen molar-refractivity contribution in [2.45, 2.75) is 13.3 Å². The summed E-state index contributed by atoms with van der Waals surface area (Å²) in [5.41, 5.74) is 1.35. The molecule has 0 bridgehead atoms. The highest BCUT2D eigenvalue weighted by molar-refractivity contribution is 6.33. The molecule has 1 aliphatic rings. The molecule has 7 heteroatoms. The maximum absolute atomic E-state index is 12.4. The molecule has 0 saturated carbocycles. The first-order valence-corrected chi connectivity index (χ1v) is 8.52. The molecule has 1 aliphatic heterocycles. The number of anilines is 2. The zero-order chi connectivity index (χ0) is 18.7. The molecule has 0 spiro atoms. The van der Waals surface area contributed by atoms with Crippen LogP contribution in [0.25, 0.3) is 0 Å². The highest BCUT2D eigenvalue weighted by atomic mass is 35.5. The molecule has 1 N–H and O–H groups in total. The van der Waals surface area contributed by atoms with Crippen LogP contribution in [0.15, 0.2) is 42.5 Å². The predicted octanol–water partition coefficient (Wildman–Crippen LogP) is 3.30. The number of amides is 2. The van der Waals surface area contributed by atoms with E-state index in [2.05, 4.69) is 5.32 Å². The van der Waals surface area contributed by atoms with Gasteiger partial charge in [-0.15, -0.1) is 0 Å². The molecular weight excluding hydrogens is 356 g/mol. The van der Waals surface area contributed by atoms with Crippen LogP contribution < -0.4 is 15.0 Å². The lowest BCUT2D eigenvalue weighted by Crippen LogP contribution is -2.43. The molecule has 2 aromatic rings. The average Bonchev–Trinajstić information content (AvgIpc) is 2.65. The molecule has 0 radical (unpaired) electrons. The number of ether oxygens (including phenoxy) is 1. The Labute approximate surface area is 155 Å². The fraction of sp³-hybridized carbons (Fsp3) is 0.211. The van der Waals surface area contributed by atoms with Crippen molar-refractivity contribution in [3.8, 4) is 5.75 Å². The molecule has 3 rings (SSSR count). The van der Waals surface area contributed by atoms with E-state index in [1.165, 1.54) is 4.90 Å². The number of para-hydroxylation sites is 1. The molecule has 134 valence electrons. The van der Waals surface area contributed by atoms with Gasteiger partial charge in [0.1, 0.15) is 12.3 Å². The second-order valence-corrected chi connectivity index (χ2v) is 6.16. The van der Waals surface area contributed by atoms with E-state index >= 15 is 0 Å². The average molecular weight is 373 g/mol. The molecule has 26 heavy (non-hydrogen) atoms. The van der Waals surface area contributed by atoms with Gasteiger partial charge in [-0.25, -0.2) is 0 Å². The van der Waals surface area contributed by atoms with E-state index in [4.69, 9.17) is 16.3 Å². The maximum Gasteiger partial charge on any atom is 0.265 e. The van der Waals surface area contributed by atoms with E-state index in [-0.39, 0.29) is 24.8 Å². The van der Waals surface area contributed by atoms with Gasteiger partial charge >= 0.3 is 0 Å². The molecule has 0 saturated heterocycles. The van der Waals surface area contributed by atoms with Gasteiger partial charge in [0.2, 0.25) is 5.91 Å². The van der Waals surface area contributed by atoms with Gasteiger partial charge in [0, 0.05) is 12.0 Å². The standard InChI is InChI=1S/C19H17ClN2O4/c1-2-16(23)12-7-8-17-15(9-12)22(19(25)11-26-17)10-18(24)21-14-6-4-3-5-13(14)20/h3-9H,2,10-11H2,1H3,(H,21,24). The number of nitrogens with zero attached hydrogens (tertiary/aromatic N) is 1. The third kappa shape index (κ3) is 3.70. The smallest absolute Gasteiger partial charge is 0.265 e. The van der Waals surface area contributed by atoms with Crippen LogP contribution in [0.4, 0.5) is 11.4 Å². The summed E-state index contributed by atoms with van der Waals surface area (Å²) in [6.45, 7) is 1.40. The van der Waals surface area contributed by atoms with E-state index in [9.17, 15) is 14.4 Å². The molecule has 0 fully saturated rings. The van der Waals surface area contributed by atoms with Crippen LogP contribution in [-0.4, -0.2) is 30.7 Å². The minimum atomic E-state index is -0.397. The number of hydrogen-bond acceptors (Lipinski definition) is 4. The van der Waals surface area contributed by atoms with Crippen molar-refractivity contribution in [1.82, 2.24) is 0 Å². The highest BCUT2D eigenvalue weighted by Crippen LogP contribution is 2.33. The Hall–Kier alpha value is -2.86. The number of ketones is 1. The lowest BCUT2D eigenvalue weighted by molar-refractivity contribution is -0.123. The van der Waals surface area contributed by atoms with Crippen molar-refractivity contribution in [2.24, 2.45) is 0 Å². The molecule has 1 heterocycles. The Morgan fingerprint density at radius 3 is 2.73 bits per heavy atom. The van der Waals surface area contributed by atoms with E-state index in [0.29, 0.717) is 34.1 Å². The van der Waals surface area contributed by atoms with Crippen molar-refractivity contribution in [1.29, 1.82) is 0 Å². The van der Waals surface area contributed by atoms with Gasteiger partial charge in [0.05, 0.1) is 16.4 Å². The number of nitrogens with one attached hydrogen (secondary N) is 1. The molecule has 6 nitrogen and oxygen atoms in total. The third-order valence-corrected chi connectivity index (χ3v) is 4.32.